The Labute approximate surface area is 258 Å². The highest BCUT2D eigenvalue weighted by molar-refractivity contribution is 6.44. The van der Waals surface area contributed by atoms with Crippen LogP contribution in [-0.4, -0.2) is 14.2 Å². The lowest BCUT2D eigenvalue weighted by molar-refractivity contribution is 0.415. The third kappa shape index (κ3) is 3.73. The average Bonchev–Trinajstić information content (AvgIpc) is 3.01. The maximum Gasteiger partial charge on any atom is 0.119 e. The van der Waals surface area contributed by atoms with Crippen LogP contribution >= 0.6 is 0 Å². The lowest BCUT2D eigenvalue weighted by Gasteiger charge is -2.26. The average molecular weight is 575 g/mol. The van der Waals surface area contributed by atoms with Crippen molar-refractivity contribution in [2.24, 2.45) is 0 Å². The summed E-state index contributed by atoms with van der Waals surface area (Å²) in [5, 5.41) is 18.1. The van der Waals surface area contributed by atoms with Crippen molar-refractivity contribution in [1.82, 2.24) is 0 Å². The summed E-state index contributed by atoms with van der Waals surface area (Å²) in [7, 11) is 3.51. The molecule has 0 aliphatic carbocycles. The van der Waals surface area contributed by atoms with Crippen molar-refractivity contribution in [3.05, 3.63) is 96.1 Å². The van der Waals surface area contributed by atoms with Crippen molar-refractivity contribution < 1.29 is 9.47 Å². The molecule has 2 nitrogen and oxygen atoms in total. The van der Waals surface area contributed by atoms with Crippen LogP contribution in [0.3, 0.4) is 0 Å². The Morgan fingerprint density at radius 2 is 0.727 bits per heavy atom. The van der Waals surface area contributed by atoms with E-state index in [1.54, 1.807) is 14.2 Å². The Morgan fingerprint density at radius 1 is 0.364 bits per heavy atom. The smallest absolute Gasteiger partial charge is 0.119 e. The first-order valence-electron chi connectivity index (χ1n) is 15.6. The summed E-state index contributed by atoms with van der Waals surface area (Å²) in [5.74, 6) is 1.76. The third-order valence-corrected chi connectivity index (χ3v) is 9.84. The fraction of sp³-hybridized carbons (Fsp3) is 0.238. The second kappa shape index (κ2) is 8.99. The van der Waals surface area contributed by atoms with E-state index in [4.69, 9.17) is 9.47 Å². The molecule has 0 saturated heterocycles. The second-order valence-corrected chi connectivity index (χ2v) is 14.5. The van der Waals surface area contributed by atoms with Crippen LogP contribution in [0, 0.1) is 0 Å². The van der Waals surface area contributed by atoms with Crippen molar-refractivity contribution in [1.29, 1.82) is 0 Å². The lowest BCUT2D eigenvalue weighted by Crippen LogP contribution is -2.12. The van der Waals surface area contributed by atoms with Crippen molar-refractivity contribution in [2.75, 3.05) is 14.2 Å². The molecule has 44 heavy (non-hydrogen) atoms. The van der Waals surface area contributed by atoms with Gasteiger partial charge in [0.25, 0.3) is 0 Å². The van der Waals surface area contributed by atoms with Crippen molar-refractivity contribution >= 4 is 75.4 Å². The van der Waals surface area contributed by atoms with E-state index < -0.39 is 0 Å². The summed E-state index contributed by atoms with van der Waals surface area (Å²) in [6.07, 6.45) is 0. The molecular formula is C42H38O2. The molecule has 0 atom stereocenters. The fourth-order valence-electron chi connectivity index (χ4n) is 7.39. The maximum atomic E-state index is 5.77. The van der Waals surface area contributed by atoms with Crippen LogP contribution in [0.25, 0.3) is 75.4 Å². The Hall–Kier alpha value is -4.56. The van der Waals surface area contributed by atoms with E-state index in [2.05, 4.69) is 126 Å². The Balaban J connectivity index is 1.78. The molecule has 0 unspecified atom stereocenters. The Kier molecular flexibility index (Phi) is 5.52. The summed E-state index contributed by atoms with van der Waals surface area (Å²) < 4.78 is 11.5. The SMILES string of the molecule is COc1ccc2ccc3c4cc(C(C)(C)C)cc5c6ccc7ccc(OC)cc7c6c6cc(C(C)(C)C)cc(c3c2c1)c6c45. The summed E-state index contributed by atoms with van der Waals surface area (Å²) in [5.41, 5.74) is 2.63. The van der Waals surface area contributed by atoms with E-state index in [0.717, 1.165) is 11.5 Å². The van der Waals surface area contributed by atoms with E-state index in [9.17, 15) is 0 Å². The first kappa shape index (κ1) is 27.0. The maximum absolute atomic E-state index is 5.77. The van der Waals surface area contributed by atoms with Gasteiger partial charge in [-0.1, -0.05) is 77.9 Å². The molecule has 0 saturated carbocycles. The van der Waals surface area contributed by atoms with Gasteiger partial charge >= 0.3 is 0 Å². The minimum absolute atomic E-state index is 0.0113. The highest BCUT2D eigenvalue weighted by Gasteiger charge is 2.25. The topological polar surface area (TPSA) is 18.5 Å². The van der Waals surface area contributed by atoms with Crippen LogP contribution in [0.15, 0.2) is 84.9 Å². The summed E-state index contributed by atoms with van der Waals surface area (Å²) >= 11 is 0. The lowest BCUT2D eigenvalue weighted by atomic mass is 9.77. The molecule has 0 aliphatic rings. The van der Waals surface area contributed by atoms with Gasteiger partial charge < -0.3 is 9.47 Å². The van der Waals surface area contributed by atoms with Gasteiger partial charge in [-0.15, -0.1) is 0 Å². The second-order valence-electron chi connectivity index (χ2n) is 14.5. The molecule has 0 N–H and O–H groups in total. The molecule has 0 amide bonds. The quantitative estimate of drug-likeness (QED) is 0.151. The van der Waals surface area contributed by atoms with Crippen LogP contribution in [0.1, 0.15) is 52.7 Å². The van der Waals surface area contributed by atoms with Gasteiger partial charge in [0.2, 0.25) is 0 Å². The van der Waals surface area contributed by atoms with Gasteiger partial charge in [0.15, 0.2) is 0 Å². The number of hydrogen-bond donors (Lipinski definition) is 0. The van der Waals surface area contributed by atoms with Gasteiger partial charge in [-0.05, 0) is 146 Å². The molecule has 2 heteroatoms. The van der Waals surface area contributed by atoms with Crippen LogP contribution < -0.4 is 9.47 Å². The zero-order valence-electron chi connectivity index (χ0n) is 26.9. The minimum Gasteiger partial charge on any atom is -0.497 e. The first-order chi connectivity index (χ1) is 21.0. The molecule has 0 heterocycles. The van der Waals surface area contributed by atoms with Gasteiger partial charge in [0, 0.05) is 0 Å². The molecule has 0 fully saturated rings. The molecule has 0 bridgehead atoms. The van der Waals surface area contributed by atoms with E-state index in [1.165, 1.54) is 86.5 Å². The highest BCUT2D eigenvalue weighted by Crippen LogP contribution is 2.50. The van der Waals surface area contributed by atoms with Crippen LogP contribution in [0.2, 0.25) is 0 Å². The molecule has 8 rings (SSSR count). The van der Waals surface area contributed by atoms with Crippen molar-refractivity contribution in [3.8, 4) is 11.5 Å². The number of methoxy groups -OCH3 is 2. The molecule has 0 aromatic heterocycles. The Morgan fingerprint density at radius 3 is 1.11 bits per heavy atom. The van der Waals surface area contributed by atoms with Crippen LogP contribution in [0.4, 0.5) is 0 Å². The number of fused-ring (bicyclic) bond motifs is 10. The van der Waals surface area contributed by atoms with Gasteiger partial charge in [-0.2, -0.15) is 0 Å². The van der Waals surface area contributed by atoms with Gasteiger partial charge in [-0.25, -0.2) is 0 Å². The van der Waals surface area contributed by atoms with Crippen molar-refractivity contribution in [3.63, 3.8) is 0 Å². The van der Waals surface area contributed by atoms with Crippen molar-refractivity contribution in [2.45, 2.75) is 52.4 Å². The van der Waals surface area contributed by atoms with Gasteiger partial charge in [-0.3, -0.25) is 0 Å². The Bertz CT molecular complexity index is 2310. The zero-order chi connectivity index (χ0) is 30.7. The van der Waals surface area contributed by atoms with Gasteiger partial charge in [0.1, 0.15) is 11.5 Å². The summed E-state index contributed by atoms with van der Waals surface area (Å²) in [4.78, 5) is 0. The number of ether oxygens (including phenoxy) is 2. The van der Waals surface area contributed by atoms with E-state index >= 15 is 0 Å². The van der Waals surface area contributed by atoms with Crippen LogP contribution in [0.5, 0.6) is 11.5 Å². The summed E-state index contributed by atoms with van der Waals surface area (Å²) in [6, 6.07) is 32.1. The third-order valence-electron chi connectivity index (χ3n) is 9.84. The zero-order valence-corrected chi connectivity index (χ0v) is 26.9. The normalized spacial score (nSPS) is 13.0. The minimum atomic E-state index is -0.0347. The van der Waals surface area contributed by atoms with Crippen LogP contribution in [-0.2, 0) is 10.8 Å². The number of hydrogen-bond acceptors (Lipinski definition) is 2. The van der Waals surface area contributed by atoms with Gasteiger partial charge in [0.05, 0.1) is 14.2 Å². The van der Waals surface area contributed by atoms with E-state index in [0.29, 0.717) is 0 Å². The predicted octanol–water partition coefficient (Wildman–Crippen LogP) is 11.8. The predicted molar refractivity (Wildman–Crippen MR) is 191 cm³/mol. The molecular weight excluding hydrogens is 536 g/mol. The fourth-order valence-corrected chi connectivity index (χ4v) is 7.39. The van der Waals surface area contributed by atoms with E-state index in [1.807, 2.05) is 0 Å². The standard InChI is InChI=1S/C42H38O2/c1-41(2,3)25-17-33-29-15-11-23-9-13-27(43-7)21-31(23)37(29)35-19-26(42(4,5)6)20-36-38-30(34(18-25)39(33)40(35)36)16-12-24-10-14-28(44-8)22-32(24)38/h9-22H,1-8H3. The molecule has 8 aromatic carbocycles. The summed E-state index contributed by atoms with van der Waals surface area (Å²) in [6.45, 7) is 13.9. The molecule has 218 valence electrons. The number of rotatable bonds is 2. The van der Waals surface area contributed by atoms with E-state index in [-0.39, 0.29) is 10.8 Å². The molecule has 8 aromatic rings. The largest absolute Gasteiger partial charge is 0.497 e. The first-order valence-corrected chi connectivity index (χ1v) is 15.6. The molecule has 0 spiro atoms. The highest BCUT2D eigenvalue weighted by atomic mass is 16.5. The number of benzene rings is 8. The molecule has 0 radical (unpaired) electrons. The molecule has 0 aliphatic heterocycles. The monoisotopic (exact) mass is 574 g/mol.